The molecule has 0 aromatic carbocycles. The van der Waals surface area contributed by atoms with E-state index in [4.69, 9.17) is 9.52 Å². The number of nitrogens with zero attached hydrogens (tertiary/aromatic N) is 4. The number of hydrogen-bond acceptors (Lipinski definition) is 6. The van der Waals surface area contributed by atoms with Crippen molar-refractivity contribution in [2.24, 2.45) is 0 Å². The van der Waals surface area contributed by atoms with E-state index in [9.17, 15) is 4.79 Å². The lowest BCUT2D eigenvalue weighted by Crippen LogP contribution is -2.06. The van der Waals surface area contributed by atoms with Crippen LogP contribution in [0.15, 0.2) is 28.0 Å². The van der Waals surface area contributed by atoms with Crippen molar-refractivity contribution < 1.29 is 14.3 Å². The summed E-state index contributed by atoms with van der Waals surface area (Å²) in [5.41, 5.74) is 0. The van der Waals surface area contributed by atoms with Gasteiger partial charge in [-0.3, -0.25) is 4.79 Å². The Labute approximate surface area is 101 Å². The topological polar surface area (TPSA) is 94.0 Å². The Morgan fingerprint density at radius 1 is 1.59 bits per heavy atom. The minimum atomic E-state index is -0.893. The van der Waals surface area contributed by atoms with Crippen LogP contribution in [0.3, 0.4) is 0 Å². The number of hydrogen-bond donors (Lipinski definition) is 1. The van der Waals surface area contributed by atoms with Crippen LogP contribution < -0.4 is 0 Å². The van der Waals surface area contributed by atoms with E-state index in [0.717, 1.165) is 17.5 Å². The SMILES string of the molecule is O=C(O)CSc1nnnn1CCc1ccco1. The van der Waals surface area contributed by atoms with E-state index in [2.05, 4.69) is 15.5 Å². The van der Waals surface area contributed by atoms with Gasteiger partial charge < -0.3 is 9.52 Å². The van der Waals surface area contributed by atoms with Crippen molar-refractivity contribution in [3.05, 3.63) is 24.2 Å². The van der Waals surface area contributed by atoms with Crippen molar-refractivity contribution in [2.75, 3.05) is 5.75 Å². The molecule has 0 aliphatic heterocycles. The molecule has 0 saturated carbocycles. The molecule has 2 heterocycles. The molecule has 0 bridgehead atoms. The fraction of sp³-hybridized carbons (Fsp3) is 0.333. The normalized spacial score (nSPS) is 10.6. The second-order valence-corrected chi connectivity index (χ2v) is 4.14. The molecule has 2 aromatic heterocycles. The maximum atomic E-state index is 10.4. The second-order valence-electron chi connectivity index (χ2n) is 3.20. The molecule has 0 amide bonds. The number of carboxylic acid groups (broad SMARTS) is 1. The van der Waals surface area contributed by atoms with Crippen LogP contribution in [0, 0.1) is 0 Å². The van der Waals surface area contributed by atoms with E-state index >= 15 is 0 Å². The lowest BCUT2D eigenvalue weighted by atomic mass is 10.3. The van der Waals surface area contributed by atoms with Crippen LogP contribution in [0.25, 0.3) is 0 Å². The first-order chi connectivity index (χ1) is 8.25. The monoisotopic (exact) mass is 254 g/mol. The van der Waals surface area contributed by atoms with E-state index in [1.807, 2.05) is 12.1 Å². The summed E-state index contributed by atoms with van der Waals surface area (Å²) in [6.07, 6.45) is 2.27. The lowest BCUT2D eigenvalue weighted by Gasteiger charge is -2.01. The van der Waals surface area contributed by atoms with Crippen molar-refractivity contribution >= 4 is 17.7 Å². The van der Waals surface area contributed by atoms with Gasteiger partial charge in [-0.15, -0.1) is 5.10 Å². The zero-order valence-electron chi connectivity index (χ0n) is 8.81. The van der Waals surface area contributed by atoms with Crippen LogP contribution in [-0.4, -0.2) is 37.0 Å². The van der Waals surface area contributed by atoms with Crippen molar-refractivity contribution in [2.45, 2.75) is 18.1 Å². The van der Waals surface area contributed by atoms with Gasteiger partial charge in [-0.25, -0.2) is 4.68 Å². The number of furan rings is 1. The van der Waals surface area contributed by atoms with Crippen LogP contribution in [0.2, 0.25) is 0 Å². The predicted molar refractivity (Wildman–Crippen MR) is 58.6 cm³/mol. The molecule has 0 spiro atoms. The third-order valence-electron chi connectivity index (χ3n) is 1.97. The standard InChI is InChI=1S/C9H10N4O3S/c14-8(15)6-17-9-10-11-12-13(9)4-3-7-2-1-5-16-7/h1-2,5H,3-4,6H2,(H,14,15). The van der Waals surface area contributed by atoms with E-state index in [1.54, 1.807) is 10.9 Å². The van der Waals surface area contributed by atoms with Gasteiger partial charge >= 0.3 is 5.97 Å². The summed E-state index contributed by atoms with van der Waals surface area (Å²) in [4.78, 5) is 10.4. The Morgan fingerprint density at radius 2 is 2.47 bits per heavy atom. The molecule has 2 rings (SSSR count). The van der Waals surface area contributed by atoms with E-state index in [-0.39, 0.29) is 5.75 Å². The number of carboxylic acids is 1. The zero-order valence-corrected chi connectivity index (χ0v) is 9.63. The Kier molecular flexibility index (Phi) is 3.76. The average molecular weight is 254 g/mol. The number of thioether (sulfide) groups is 1. The van der Waals surface area contributed by atoms with Gasteiger partial charge in [0.15, 0.2) is 0 Å². The number of aliphatic carboxylic acids is 1. The summed E-state index contributed by atoms with van der Waals surface area (Å²) in [5, 5.41) is 20.1. The maximum Gasteiger partial charge on any atom is 0.313 e. The summed E-state index contributed by atoms with van der Waals surface area (Å²) >= 11 is 1.10. The Balaban J connectivity index is 1.92. The summed E-state index contributed by atoms with van der Waals surface area (Å²) in [6.45, 7) is 0.558. The van der Waals surface area contributed by atoms with Gasteiger partial charge in [0.05, 0.1) is 18.6 Å². The lowest BCUT2D eigenvalue weighted by molar-refractivity contribution is -0.133. The van der Waals surface area contributed by atoms with E-state index in [0.29, 0.717) is 18.1 Å². The molecule has 0 atom stereocenters. The molecule has 0 aliphatic carbocycles. The van der Waals surface area contributed by atoms with Crippen LogP contribution in [0.5, 0.6) is 0 Å². The van der Waals surface area contributed by atoms with Crippen LogP contribution in [0.4, 0.5) is 0 Å². The molecule has 0 radical (unpaired) electrons. The number of tetrazole rings is 1. The first-order valence-corrected chi connectivity index (χ1v) is 5.87. The van der Waals surface area contributed by atoms with Crippen molar-refractivity contribution in [1.82, 2.24) is 20.2 Å². The minimum absolute atomic E-state index is 0.0544. The fourth-order valence-electron chi connectivity index (χ4n) is 1.24. The van der Waals surface area contributed by atoms with Crippen LogP contribution >= 0.6 is 11.8 Å². The molecule has 0 unspecified atom stereocenters. The molecule has 0 fully saturated rings. The average Bonchev–Trinajstić information content (AvgIpc) is 2.95. The Morgan fingerprint density at radius 3 is 3.18 bits per heavy atom. The van der Waals surface area contributed by atoms with Gasteiger partial charge in [0, 0.05) is 6.42 Å². The first-order valence-electron chi connectivity index (χ1n) is 4.89. The van der Waals surface area contributed by atoms with Gasteiger partial charge in [-0.1, -0.05) is 11.8 Å². The molecule has 1 N–H and O–H groups in total. The molecule has 0 aliphatic rings. The summed E-state index contributed by atoms with van der Waals surface area (Å²) in [7, 11) is 0. The van der Waals surface area contributed by atoms with Gasteiger partial charge in [0.1, 0.15) is 5.76 Å². The number of carbonyl (C=O) groups is 1. The molecule has 7 nitrogen and oxygen atoms in total. The van der Waals surface area contributed by atoms with Crippen LogP contribution in [0.1, 0.15) is 5.76 Å². The van der Waals surface area contributed by atoms with Gasteiger partial charge in [-0.05, 0) is 22.6 Å². The van der Waals surface area contributed by atoms with Gasteiger partial charge in [-0.2, -0.15) is 0 Å². The highest BCUT2D eigenvalue weighted by Gasteiger charge is 2.09. The Bertz CT molecular complexity index is 482. The molecule has 2 aromatic rings. The summed E-state index contributed by atoms with van der Waals surface area (Å²) < 4.78 is 6.75. The molecular weight excluding hydrogens is 244 g/mol. The predicted octanol–water partition coefficient (Wildman–Crippen LogP) is 0.685. The highest BCUT2D eigenvalue weighted by atomic mass is 32.2. The summed E-state index contributed by atoms with van der Waals surface area (Å²) in [5.74, 6) is -0.105. The molecule has 17 heavy (non-hydrogen) atoms. The third kappa shape index (κ3) is 3.31. The largest absolute Gasteiger partial charge is 0.481 e. The quantitative estimate of drug-likeness (QED) is 0.757. The first kappa shape index (κ1) is 11.6. The molecule has 8 heteroatoms. The Hall–Kier alpha value is -1.83. The minimum Gasteiger partial charge on any atom is -0.481 e. The smallest absolute Gasteiger partial charge is 0.313 e. The van der Waals surface area contributed by atoms with Gasteiger partial charge in [0.25, 0.3) is 0 Å². The van der Waals surface area contributed by atoms with Crippen molar-refractivity contribution in [3.63, 3.8) is 0 Å². The van der Waals surface area contributed by atoms with Crippen molar-refractivity contribution in [3.8, 4) is 0 Å². The second kappa shape index (κ2) is 5.48. The zero-order chi connectivity index (χ0) is 12.1. The molecular formula is C9H10N4O3S. The third-order valence-corrected chi connectivity index (χ3v) is 2.92. The number of aromatic nitrogens is 4. The molecule has 90 valence electrons. The summed E-state index contributed by atoms with van der Waals surface area (Å²) in [6, 6.07) is 3.68. The van der Waals surface area contributed by atoms with Crippen molar-refractivity contribution in [1.29, 1.82) is 0 Å². The fourth-order valence-corrected chi connectivity index (χ4v) is 1.86. The van der Waals surface area contributed by atoms with E-state index in [1.165, 1.54) is 0 Å². The number of rotatable bonds is 6. The van der Waals surface area contributed by atoms with E-state index < -0.39 is 5.97 Å². The number of aryl methyl sites for hydroxylation is 2. The highest BCUT2D eigenvalue weighted by Crippen LogP contribution is 2.13. The molecule has 0 saturated heterocycles. The van der Waals surface area contributed by atoms with Crippen LogP contribution in [-0.2, 0) is 17.8 Å². The maximum absolute atomic E-state index is 10.4. The van der Waals surface area contributed by atoms with Gasteiger partial charge in [0.2, 0.25) is 5.16 Å². The highest BCUT2D eigenvalue weighted by molar-refractivity contribution is 7.99.